The van der Waals surface area contributed by atoms with Crippen LogP contribution >= 0.6 is 0 Å². The highest BCUT2D eigenvalue weighted by Gasteiger charge is 2.02. The minimum Gasteiger partial charge on any atom is -0.359 e. The van der Waals surface area contributed by atoms with Crippen molar-refractivity contribution in [3.63, 3.8) is 0 Å². The SMILES string of the molecule is C=C(C)COC(C)N(C)C.CCCS(=O)(=O)O. The summed E-state index contributed by atoms with van der Waals surface area (Å²) in [7, 11) is 0.304. The van der Waals surface area contributed by atoms with Gasteiger partial charge in [0, 0.05) is 0 Å². The maximum atomic E-state index is 9.79. The van der Waals surface area contributed by atoms with Crippen molar-refractivity contribution in [1.82, 2.24) is 4.90 Å². The van der Waals surface area contributed by atoms with Crippen molar-refractivity contribution >= 4 is 10.1 Å². The minimum atomic E-state index is -3.67. The van der Waals surface area contributed by atoms with Gasteiger partial charge in [-0.05, 0) is 34.4 Å². The maximum absolute atomic E-state index is 9.79. The van der Waals surface area contributed by atoms with Crippen LogP contribution in [0.3, 0.4) is 0 Å². The predicted molar refractivity (Wildman–Crippen MR) is 70.6 cm³/mol. The van der Waals surface area contributed by atoms with Crippen molar-refractivity contribution in [3.8, 4) is 0 Å². The lowest BCUT2D eigenvalue weighted by Crippen LogP contribution is -2.27. The maximum Gasteiger partial charge on any atom is 0.264 e. The molecule has 0 aromatic carbocycles. The monoisotopic (exact) mass is 267 g/mol. The Kier molecular flexibility index (Phi) is 10.7. The number of hydrogen-bond donors (Lipinski definition) is 1. The zero-order valence-corrected chi connectivity index (χ0v) is 12.2. The van der Waals surface area contributed by atoms with Crippen LogP contribution < -0.4 is 0 Å². The van der Waals surface area contributed by atoms with E-state index in [0.717, 1.165) is 5.57 Å². The second kappa shape index (κ2) is 9.58. The molecule has 1 atom stereocenters. The molecule has 17 heavy (non-hydrogen) atoms. The first-order valence-electron chi connectivity index (χ1n) is 5.47. The van der Waals surface area contributed by atoms with E-state index in [1.807, 2.05) is 32.8 Å². The van der Waals surface area contributed by atoms with Crippen molar-refractivity contribution in [2.24, 2.45) is 0 Å². The van der Waals surface area contributed by atoms with E-state index in [9.17, 15) is 8.42 Å². The first kappa shape index (κ1) is 18.9. The fourth-order valence-electron chi connectivity index (χ4n) is 0.670. The van der Waals surface area contributed by atoms with Gasteiger partial charge in [0.2, 0.25) is 0 Å². The van der Waals surface area contributed by atoms with Crippen molar-refractivity contribution in [2.45, 2.75) is 33.4 Å². The third kappa shape index (κ3) is 18.1. The zero-order chi connectivity index (χ0) is 14.1. The fraction of sp³-hybridized carbons (Fsp3) is 0.818. The molecule has 0 bridgehead atoms. The minimum absolute atomic E-state index is 0.132. The number of hydrogen-bond acceptors (Lipinski definition) is 4. The molecule has 0 fully saturated rings. The van der Waals surface area contributed by atoms with E-state index in [1.54, 1.807) is 6.92 Å². The van der Waals surface area contributed by atoms with Gasteiger partial charge in [-0.2, -0.15) is 8.42 Å². The summed E-state index contributed by atoms with van der Waals surface area (Å²) >= 11 is 0. The van der Waals surface area contributed by atoms with E-state index >= 15 is 0 Å². The van der Waals surface area contributed by atoms with Gasteiger partial charge in [0.1, 0.15) is 6.23 Å². The third-order valence-electron chi connectivity index (χ3n) is 1.76. The van der Waals surface area contributed by atoms with Gasteiger partial charge in [0.05, 0.1) is 12.4 Å². The second-order valence-electron chi connectivity index (χ2n) is 4.12. The standard InChI is InChI=1S/C8H17NO.C3H8O3S/c1-7(2)6-10-8(3)9(4)5;1-2-3-7(4,5)6/h8H,1,6H2,2-5H3;2-3H2,1H3,(H,4,5,6). The third-order valence-corrected chi connectivity index (χ3v) is 2.68. The molecule has 0 radical (unpaired) electrons. The van der Waals surface area contributed by atoms with Gasteiger partial charge in [0.25, 0.3) is 10.1 Å². The molecule has 0 aliphatic rings. The van der Waals surface area contributed by atoms with Gasteiger partial charge in [0.15, 0.2) is 0 Å². The molecule has 0 amide bonds. The zero-order valence-electron chi connectivity index (χ0n) is 11.4. The van der Waals surface area contributed by atoms with Crippen LogP contribution in [-0.2, 0) is 14.9 Å². The Hall–Kier alpha value is -0.430. The molecule has 0 aromatic rings. The smallest absolute Gasteiger partial charge is 0.264 e. The van der Waals surface area contributed by atoms with E-state index < -0.39 is 10.1 Å². The van der Waals surface area contributed by atoms with E-state index in [-0.39, 0.29) is 12.0 Å². The number of nitrogens with zero attached hydrogens (tertiary/aromatic N) is 1. The van der Waals surface area contributed by atoms with Crippen LogP contribution in [0.15, 0.2) is 12.2 Å². The summed E-state index contributed by atoms with van der Waals surface area (Å²) in [6.45, 7) is 10.1. The molecular formula is C11H25NO4S. The normalized spacial score (nSPS) is 12.9. The van der Waals surface area contributed by atoms with E-state index in [0.29, 0.717) is 13.0 Å². The second-order valence-corrected chi connectivity index (χ2v) is 5.69. The van der Waals surface area contributed by atoms with Crippen LogP contribution in [0.1, 0.15) is 27.2 Å². The quantitative estimate of drug-likeness (QED) is 0.451. The van der Waals surface area contributed by atoms with Crippen LogP contribution in [-0.4, -0.2) is 50.6 Å². The van der Waals surface area contributed by atoms with Crippen LogP contribution in [0, 0.1) is 0 Å². The first-order valence-corrected chi connectivity index (χ1v) is 7.08. The van der Waals surface area contributed by atoms with Crippen molar-refractivity contribution in [2.75, 3.05) is 26.5 Å². The highest BCUT2D eigenvalue weighted by molar-refractivity contribution is 7.85. The molecule has 6 heteroatoms. The highest BCUT2D eigenvalue weighted by Crippen LogP contribution is 1.96. The topological polar surface area (TPSA) is 66.8 Å². The Balaban J connectivity index is 0. The Morgan fingerprint density at radius 2 is 1.94 bits per heavy atom. The van der Waals surface area contributed by atoms with Crippen LogP contribution in [0.25, 0.3) is 0 Å². The Bertz CT molecular complexity index is 299. The van der Waals surface area contributed by atoms with Gasteiger partial charge in [-0.15, -0.1) is 0 Å². The molecule has 1 N–H and O–H groups in total. The lowest BCUT2D eigenvalue weighted by atomic mass is 10.4. The molecule has 0 aliphatic carbocycles. The lowest BCUT2D eigenvalue weighted by Gasteiger charge is -2.19. The number of rotatable bonds is 6. The molecule has 104 valence electrons. The highest BCUT2D eigenvalue weighted by atomic mass is 32.2. The van der Waals surface area contributed by atoms with Gasteiger partial charge in [-0.25, -0.2) is 0 Å². The predicted octanol–water partition coefficient (Wildman–Crippen LogP) is 1.77. The molecule has 1 unspecified atom stereocenters. The largest absolute Gasteiger partial charge is 0.359 e. The van der Waals surface area contributed by atoms with E-state index in [4.69, 9.17) is 9.29 Å². The van der Waals surface area contributed by atoms with Crippen LogP contribution in [0.2, 0.25) is 0 Å². The van der Waals surface area contributed by atoms with Crippen molar-refractivity contribution < 1.29 is 17.7 Å². The summed E-state index contributed by atoms with van der Waals surface area (Å²) in [5.41, 5.74) is 1.06. The molecule has 0 spiro atoms. The molecule has 0 heterocycles. The Labute approximate surface area is 105 Å². The average Bonchev–Trinajstić information content (AvgIpc) is 2.12. The molecule has 0 saturated carbocycles. The van der Waals surface area contributed by atoms with Crippen LogP contribution in [0.4, 0.5) is 0 Å². The van der Waals surface area contributed by atoms with Crippen LogP contribution in [0.5, 0.6) is 0 Å². The summed E-state index contributed by atoms with van der Waals surface area (Å²) < 4.78 is 33.0. The Morgan fingerprint density at radius 1 is 1.47 bits per heavy atom. The molecule has 0 rings (SSSR count). The molecule has 0 aromatic heterocycles. The molecule has 0 aliphatic heterocycles. The van der Waals surface area contributed by atoms with Gasteiger partial charge in [-0.1, -0.05) is 19.1 Å². The van der Waals surface area contributed by atoms with Gasteiger partial charge in [-0.3, -0.25) is 9.45 Å². The van der Waals surface area contributed by atoms with Gasteiger partial charge < -0.3 is 4.74 Å². The summed E-state index contributed by atoms with van der Waals surface area (Å²) in [6.07, 6.45) is 0.649. The van der Waals surface area contributed by atoms with E-state index in [1.165, 1.54) is 0 Å². The molecule has 5 nitrogen and oxygen atoms in total. The summed E-state index contributed by atoms with van der Waals surface area (Å²) in [4.78, 5) is 2.02. The summed E-state index contributed by atoms with van der Waals surface area (Å²) in [5, 5.41) is 0. The van der Waals surface area contributed by atoms with E-state index in [2.05, 4.69) is 6.58 Å². The summed E-state index contributed by atoms with van der Waals surface area (Å²) in [5.74, 6) is -0.132. The molecular weight excluding hydrogens is 242 g/mol. The lowest BCUT2D eigenvalue weighted by molar-refractivity contribution is -0.0111. The fourth-order valence-corrected chi connectivity index (χ4v) is 1.19. The average molecular weight is 267 g/mol. The van der Waals surface area contributed by atoms with Gasteiger partial charge >= 0.3 is 0 Å². The molecule has 0 saturated heterocycles. The first-order chi connectivity index (χ1) is 7.60. The van der Waals surface area contributed by atoms with Crippen molar-refractivity contribution in [1.29, 1.82) is 0 Å². The summed E-state index contributed by atoms with van der Waals surface area (Å²) in [6, 6.07) is 0. The number of ether oxygens (including phenoxy) is 1. The van der Waals surface area contributed by atoms with Crippen molar-refractivity contribution in [3.05, 3.63) is 12.2 Å². The Morgan fingerprint density at radius 3 is 2.12 bits per heavy atom.